The second kappa shape index (κ2) is 6.31. The number of carboxylic acid groups (broad SMARTS) is 1. The SMILES string of the molecule is O=C(O)c1cnn2c(-c3cccc(C(F)(F)F)c3)ccnc12.[NaH]. The number of aromatic nitrogens is 3. The molecule has 0 amide bonds. The third-order valence-electron chi connectivity index (χ3n) is 3.12. The molecule has 0 fully saturated rings. The van der Waals surface area contributed by atoms with Crippen LogP contribution in [0.25, 0.3) is 16.9 Å². The van der Waals surface area contributed by atoms with Crippen LogP contribution >= 0.6 is 0 Å². The van der Waals surface area contributed by atoms with Gasteiger partial charge in [0.1, 0.15) is 5.56 Å². The molecule has 0 radical (unpaired) electrons. The summed E-state index contributed by atoms with van der Waals surface area (Å²) in [7, 11) is 0. The van der Waals surface area contributed by atoms with E-state index >= 15 is 0 Å². The first-order valence-corrected chi connectivity index (χ1v) is 6.11. The Morgan fingerprint density at radius 3 is 2.61 bits per heavy atom. The Balaban J connectivity index is 0.00000192. The van der Waals surface area contributed by atoms with E-state index in [1.54, 1.807) is 0 Å². The summed E-state index contributed by atoms with van der Waals surface area (Å²) in [6, 6.07) is 6.20. The third-order valence-corrected chi connectivity index (χ3v) is 3.12. The van der Waals surface area contributed by atoms with Crippen LogP contribution in [0.15, 0.2) is 42.7 Å². The molecule has 1 N–H and O–H groups in total. The molecule has 9 heteroatoms. The molecule has 2 aromatic heterocycles. The first kappa shape index (κ1) is 17.5. The topological polar surface area (TPSA) is 67.5 Å². The Hall–Kier alpha value is -1.90. The molecule has 3 rings (SSSR count). The molecule has 0 aliphatic heterocycles. The fourth-order valence-corrected chi connectivity index (χ4v) is 2.12. The van der Waals surface area contributed by atoms with Gasteiger partial charge in [-0.15, -0.1) is 0 Å². The maximum atomic E-state index is 12.8. The molecule has 0 atom stereocenters. The van der Waals surface area contributed by atoms with Crippen molar-refractivity contribution in [2.45, 2.75) is 6.18 Å². The van der Waals surface area contributed by atoms with Crippen LogP contribution in [0.2, 0.25) is 0 Å². The number of carbonyl (C=O) groups is 1. The van der Waals surface area contributed by atoms with Gasteiger partial charge < -0.3 is 5.11 Å². The number of alkyl halides is 3. The van der Waals surface area contributed by atoms with Gasteiger partial charge in [-0.2, -0.15) is 18.3 Å². The molecule has 3 aromatic rings. The van der Waals surface area contributed by atoms with E-state index in [4.69, 9.17) is 5.11 Å². The Bertz CT molecular complexity index is 877. The van der Waals surface area contributed by atoms with Gasteiger partial charge >= 0.3 is 41.7 Å². The zero-order chi connectivity index (χ0) is 15.9. The number of nitrogens with zero attached hydrogens (tertiary/aromatic N) is 3. The summed E-state index contributed by atoms with van der Waals surface area (Å²) >= 11 is 0. The molecule has 2 heterocycles. The van der Waals surface area contributed by atoms with Crippen LogP contribution in [0.4, 0.5) is 13.2 Å². The van der Waals surface area contributed by atoms with Crippen molar-refractivity contribution in [3.63, 3.8) is 0 Å². The van der Waals surface area contributed by atoms with Gasteiger partial charge in [0, 0.05) is 11.8 Å². The van der Waals surface area contributed by atoms with E-state index < -0.39 is 17.7 Å². The average molecular weight is 331 g/mol. The summed E-state index contributed by atoms with van der Waals surface area (Å²) in [5, 5.41) is 12.9. The number of benzene rings is 1. The third kappa shape index (κ3) is 3.24. The minimum absolute atomic E-state index is 0. The Morgan fingerprint density at radius 1 is 1.22 bits per heavy atom. The fourth-order valence-electron chi connectivity index (χ4n) is 2.12. The van der Waals surface area contributed by atoms with Crippen LogP contribution in [0.3, 0.4) is 0 Å². The van der Waals surface area contributed by atoms with Crippen molar-refractivity contribution in [1.82, 2.24) is 14.6 Å². The van der Waals surface area contributed by atoms with Crippen LogP contribution in [0, 0.1) is 0 Å². The van der Waals surface area contributed by atoms with Crippen LogP contribution in [0.5, 0.6) is 0 Å². The number of aromatic carboxylic acids is 1. The number of fused-ring (bicyclic) bond motifs is 1. The zero-order valence-corrected chi connectivity index (χ0v) is 10.9. The normalized spacial score (nSPS) is 11.3. The van der Waals surface area contributed by atoms with Crippen molar-refractivity contribution >= 4 is 41.2 Å². The van der Waals surface area contributed by atoms with Gasteiger partial charge in [-0.25, -0.2) is 14.3 Å². The molecule has 0 aliphatic carbocycles. The van der Waals surface area contributed by atoms with Gasteiger partial charge in [-0.05, 0) is 18.2 Å². The fraction of sp³-hybridized carbons (Fsp3) is 0.0714. The van der Waals surface area contributed by atoms with E-state index in [-0.39, 0.29) is 46.3 Å². The Labute approximate surface area is 150 Å². The van der Waals surface area contributed by atoms with Crippen molar-refractivity contribution < 1.29 is 23.1 Å². The van der Waals surface area contributed by atoms with E-state index in [1.165, 1.54) is 28.9 Å². The summed E-state index contributed by atoms with van der Waals surface area (Å²) in [5.74, 6) is -1.20. The minimum atomic E-state index is -4.46. The molecular formula is C14H9F3N3NaO2. The van der Waals surface area contributed by atoms with Crippen molar-refractivity contribution in [2.75, 3.05) is 0 Å². The number of hydrogen-bond donors (Lipinski definition) is 1. The van der Waals surface area contributed by atoms with Gasteiger partial charge in [-0.3, -0.25) is 0 Å². The van der Waals surface area contributed by atoms with Gasteiger partial charge in [0.25, 0.3) is 0 Å². The standard InChI is InChI=1S/C14H8F3N3O2.Na.H/c15-14(16,17)9-3-1-2-8(6-9)11-4-5-18-12-10(13(21)22)7-19-20(11)12;;/h1-7H,(H,21,22);;. The second-order valence-corrected chi connectivity index (χ2v) is 4.51. The molecule has 23 heavy (non-hydrogen) atoms. The number of rotatable bonds is 2. The molecule has 1 aromatic carbocycles. The van der Waals surface area contributed by atoms with Crippen molar-refractivity contribution in [3.8, 4) is 11.3 Å². The molecule has 114 valence electrons. The summed E-state index contributed by atoms with van der Waals surface area (Å²) < 4.78 is 39.6. The molecule has 0 saturated carbocycles. The van der Waals surface area contributed by atoms with E-state index in [9.17, 15) is 18.0 Å². The summed E-state index contributed by atoms with van der Waals surface area (Å²) in [6.45, 7) is 0. The summed E-state index contributed by atoms with van der Waals surface area (Å²) in [6.07, 6.45) is -2.01. The maximum absolute atomic E-state index is 12.8. The van der Waals surface area contributed by atoms with Crippen LogP contribution < -0.4 is 0 Å². The zero-order valence-electron chi connectivity index (χ0n) is 10.9. The number of carboxylic acids is 1. The molecule has 0 saturated heterocycles. The van der Waals surface area contributed by atoms with E-state index in [2.05, 4.69) is 10.1 Å². The summed E-state index contributed by atoms with van der Waals surface area (Å²) in [5.41, 5.74) is -0.248. The van der Waals surface area contributed by atoms with Crippen LogP contribution in [-0.2, 0) is 6.18 Å². The van der Waals surface area contributed by atoms with Gasteiger partial charge in [0.05, 0.1) is 17.5 Å². The van der Waals surface area contributed by atoms with Gasteiger partial charge in [-0.1, -0.05) is 12.1 Å². The van der Waals surface area contributed by atoms with Crippen molar-refractivity contribution in [2.24, 2.45) is 0 Å². The average Bonchev–Trinajstić information content (AvgIpc) is 2.90. The molecule has 0 unspecified atom stereocenters. The van der Waals surface area contributed by atoms with Crippen molar-refractivity contribution in [3.05, 3.63) is 53.9 Å². The van der Waals surface area contributed by atoms with E-state index in [0.717, 1.165) is 18.3 Å². The quantitative estimate of drug-likeness (QED) is 0.733. The predicted octanol–water partition coefficient (Wildman–Crippen LogP) is 2.46. The predicted molar refractivity (Wildman–Crippen MR) is 77.5 cm³/mol. The Kier molecular flexibility index (Phi) is 4.79. The number of hydrogen-bond acceptors (Lipinski definition) is 3. The van der Waals surface area contributed by atoms with Crippen LogP contribution in [-0.4, -0.2) is 55.2 Å². The molecule has 0 aliphatic rings. The van der Waals surface area contributed by atoms with Gasteiger partial charge in [0.2, 0.25) is 0 Å². The first-order valence-electron chi connectivity index (χ1n) is 6.11. The summed E-state index contributed by atoms with van der Waals surface area (Å²) in [4.78, 5) is 15.0. The van der Waals surface area contributed by atoms with Gasteiger partial charge in [0.15, 0.2) is 5.65 Å². The molecule has 0 bridgehead atoms. The number of halogens is 3. The Morgan fingerprint density at radius 2 is 1.96 bits per heavy atom. The first-order chi connectivity index (χ1) is 10.4. The van der Waals surface area contributed by atoms with Crippen molar-refractivity contribution in [1.29, 1.82) is 0 Å². The second-order valence-electron chi connectivity index (χ2n) is 4.51. The molecular weight excluding hydrogens is 322 g/mol. The van der Waals surface area contributed by atoms with E-state index in [0.29, 0.717) is 5.69 Å². The van der Waals surface area contributed by atoms with Crippen LogP contribution in [0.1, 0.15) is 15.9 Å². The molecule has 0 spiro atoms. The monoisotopic (exact) mass is 331 g/mol. The van der Waals surface area contributed by atoms with E-state index in [1.807, 2.05) is 0 Å². The molecule has 5 nitrogen and oxygen atoms in total.